The summed E-state index contributed by atoms with van der Waals surface area (Å²) in [5.41, 5.74) is 0.861. The largest absolute Gasteiger partial charge is 0.465 e. The van der Waals surface area contributed by atoms with E-state index in [1.54, 1.807) is 18.5 Å². The second-order valence-corrected chi connectivity index (χ2v) is 2.88. The zero-order valence-electron chi connectivity index (χ0n) is 7.34. The molecule has 1 amide bonds. The molecule has 0 atom stereocenters. The maximum absolute atomic E-state index is 10.7. The van der Waals surface area contributed by atoms with Crippen LogP contribution in [0.5, 0.6) is 0 Å². The van der Waals surface area contributed by atoms with Gasteiger partial charge in [-0.3, -0.25) is 4.90 Å². The molecule has 0 fully saturated rings. The lowest BCUT2D eigenvalue weighted by Gasteiger charge is -2.12. The molecule has 0 saturated heterocycles. The summed E-state index contributed by atoms with van der Waals surface area (Å²) in [7, 11) is 0. The smallest absolute Gasteiger partial charge is 0.411 e. The quantitative estimate of drug-likeness (QED) is 0.651. The molecule has 0 aromatic carbocycles. The Morgan fingerprint density at radius 1 is 1.64 bits per heavy atom. The predicted molar refractivity (Wildman–Crippen MR) is 50.6 cm³/mol. The van der Waals surface area contributed by atoms with E-state index in [0.717, 1.165) is 5.56 Å². The molecule has 2 N–H and O–H groups in total. The summed E-state index contributed by atoms with van der Waals surface area (Å²) in [4.78, 5) is 16.0. The van der Waals surface area contributed by atoms with Gasteiger partial charge in [0.1, 0.15) is 5.82 Å². The number of rotatable bonds is 0. The average Bonchev–Trinajstić information content (AvgIpc) is 2.39. The number of aromatic nitrogens is 1. The van der Waals surface area contributed by atoms with Crippen LogP contribution in [-0.4, -0.2) is 21.1 Å². The molecule has 2 heterocycles. The Hall–Kier alpha value is -2.04. The van der Waals surface area contributed by atoms with Crippen molar-refractivity contribution in [2.75, 3.05) is 5.32 Å². The van der Waals surface area contributed by atoms with Crippen molar-refractivity contribution in [2.24, 2.45) is 0 Å². The first-order valence-corrected chi connectivity index (χ1v) is 4.14. The third kappa shape index (κ3) is 1.52. The van der Waals surface area contributed by atoms with Gasteiger partial charge in [-0.25, -0.2) is 9.78 Å². The minimum absolute atomic E-state index is 0.321. The highest BCUT2D eigenvalue weighted by molar-refractivity contribution is 5.67. The SMILES string of the molecule is O=C(O)N1C=CNc2ncccc2C1. The van der Waals surface area contributed by atoms with Crippen LogP contribution in [0.15, 0.2) is 30.7 Å². The van der Waals surface area contributed by atoms with Gasteiger partial charge in [-0.1, -0.05) is 6.07 Å². The number of pyridine rings is 1. The van der Waals surface area contributed by atoms with Crippen LogP contribution in [0.1, 0.15) is 5.56 Å². The number of nitrogens with one attached hydrogen (secondary N) is 1. The van der Waals surface area contributed by atoms with Gasteiger partial charge in [0.25, 0.3) is 0 Å². The van der Waals surface area contributed by atoms with Crippen LogP contribution in [0.25, 0.3) is 0 Å². The number of carbonyl (C=O) groups is 1. The molecule has 1 aromatic heterocycles. The van der Waals surface area contributed by atoms with E-state index < -0.39 is 6.09 Å². The lowest BCUT2D eigenvalue weighted by Crippen LogP contribution is -2.22. The Bertz CT molecular complexity index is 389. The number of nitrogens with zero attached hydrogens (tertiary/aromatic N) is 2. The van der Waals surface area contributed by atoms with E-state index >= 15 is 0 Å². The fraction of sp³-hybridized carbons (Fsp3) is 0.111. The monoisotopic (exact) mass is 191 g/mol. The summed E-state index contributed by atoms with van der Waals surface area (Å²) in [5.74, 6) is 0.701. The van der Waals surface area contributed by atoms with Crippen molar-refractivity contribution in [2.45, 2.75) is 6.54 Å². The topological polar surface area (TPSA) is 65.5 Å². The second-order valence-electron chi connectivity index (χ2n) is 2.88. The van der Waals surface area contributed by atoms with Gasteiger partial charge in [0.2, 0.25) is 0 Å². The fourth-order valence-electron chi connectivity index (χ4n) is 1.27. The first-order valence-electron chi connectivity index (χ1n) is 4.14. The Labute approximate surface area is 80.7 Å². The minimum atomic E-state index is -0.972. The van der Waals surface area contributed by atoms with E-state index in [4.69, 9.17) is 5.11 Å². The van der Waals surface area contributed by atoms with Gasteiger partial charge in [0, 0.05) is 24.2 Å². The van der Waals surface area contributed by atoms with Crippen molar-refractivity contribution in [1.82, 2.24) is 9.88 Å². The van der Waals surface area contributed by atoms with Crippen LogP contribution in [0.3, 0.4) is 0 Å². The van der Waals surface area contributed by atoms with Gasteiger partial charge in [-0.2, -0.15) is 0 Å². The van der Waals surface area contributed by atoms with Crippen molar-refractivity contribution in [3.8, 4) is 0 Å². The third-order valence-electron chi connectivity index (χ3n) is 1.95. The van der Waals surface area contributed by atoms with E-state index in [1.165, 1.54) is 11.1 Å². The number of amides is 1. The van der Waals surface area contributed by atoms with E-state index in [9.17, 15) is 4.79 Å². The zero-order chi connectivity index (χ0) is 9.97. The lowest BCUT2D eigenvalue weighted by atomic mass is 10.2. The number of carboxylic acid groups (broad SMARTS) is 1. The summed E-state index contributed by atoms with van der Waals surface area (Å²) >= 11 is 0. The van der Waals surface area contributed by atoms with Crippen LogP contribution in [-0.2, 0) is 6.54 Å². The highest BCUT2D eigenvalue weighted by Crippen LogP contribution is 2.17. The molecule has 0 radical (unpaired) electrons. The molecular weight excluding hydrogens is 182 g/mol. The molecule has 72 valence electrons. The maximum Gasteiger partial charge on any atom is 0.411 e. The summed E-state index contributed by atoms with van der Waals surface area (Å²) in [6.07, 6.45) is 3.73. The molecule has 1 aromatic rings. The Kier molecular flexibility index (Phi) is 2.06. The third-order valence-corrected chi connectivity index (χ3v) is 1.95. The van der Waals surface area contributed by atoms with Crippen LogP contribution >= 0.6 is 0 Å². The van der Waals surface area contributed by atoms with Gasteiger partial charge in [0.05, 0.1) is 6.54 Å². The first-order chi connectivity index (χ1) is 6.77. The molecule has 0 spiro atoms. The molecule has 0 aliphatic carbocycles. The summed E-state index contributed by atoms with van der Waals surface area (Å²) in [6.45, 7) is 0.321. The molecule has 5 nitrogen and oxygen atoms in total. The molecule has 14 heavy (non-hydrogen) atoms. The molecule has 1 aliphatic heterocycles. The molecule has 5 heteroatoms. The average molecular weight is 191 g/mol. The molecule has 1 aliphatic rings. The standard InChI is InChI=1S/C9H9N3O2/c13-9(14)12-5-4-11-8-7(6-12)2-1-3-10-8/h1-5H,6H2,(H,10,11)(H,13,14). The van der Waals surface area contributed by atoms with Crippen molar-refractivity contribution in [3.05, 3.63) is 36.3 Å². The van der Waals surface area contributed by atoms with Crippen molar-refractivity contribution >= 4 is 11.9 Å². The van der Waals surface area contributed by atoms with Crippen LogP contribution in [0, 0.1) is 0 Å². The normalized spacial score (nSPS) is 14.1. The Balaban J connectivity index is 2.33. The lowest BCUT2D eigenvalue weighted by molar-refractivity contribution is 0.161. The number of hydrogen-bond donors (Lipinski definition) is 2. The number of anilines is 1. The van der Waals surface area contributed by atoms with E-state index in [0.29, 0.717) is 12.4 Å². The molecule has 0 saturated carbocycles. The van der Waals surface area contributed by atoms with Crippen LogP contribution in [0.4, 0.5) is 10.6 Å². The van der Waals surface area contributed by atoms with Gasteiger partial charge < -0.3 is 10.4 Å². The number of fused-ring (bicyclic) bond motifs is 1. The molecule has 0 unspecified atom stereocenters. The summed E-state index contributed by atoms with van der Waals surface area (Å²) in [5, 5.41) is 11.7. The fourth-order valence-corrected chi connectivity index (χ4v) is 1.27. The zero-order valence-corrected chi connectivity index (χ0v) is 7.34. The first kappa shape index (κ1) is 8.55. The predicted octanol–water partition coefficient (Wildman–Crippen LogP) is 1.46. The minimum Gasteiger partial charge on any atom is -0.465 e. The van der Waals surface area contributed by atoms with Crippen LogP contribution < -0.4 is 5.32 Å². The van der Waals surface area contributed by atoms with Gasteiger partial charge in [-0.05, 0) is 6.07 Å². The molecular formula is C9H9N3O2. The highest BCUT2D eigenvalue weighted by Gasteiger charge is 2.14. The summed E-state index contributed by atoms with van der Waals surface area (Å²) in [6, 6.07) is 3.63. The van der Waals surface area contributed by atoms with Gasteiger partial charge >= 0.3 is 6.09 Å². The molecule has 0 bridgehead atoms. The van der Waals surface area contributed by atoms with Crippen molar-refractivity contribution in [1.29, 1.82) is 0 Å². The summed E-state index contributed by atoms with van der Waals surface area (Å²) < 4.78 is 0. The Morgan fingerprint density at radius 2 is 2.50 bits per heavy atom. The Morgan fingerprint density at radius 3 is 3.29 bits per heavy atom. The van der Waals surface area contributed by atoms with Crippen LogP contribution in [0.2, 0.25) is 0 Å². The number of hydrogen-bond acceptors (Lipinski definition) is 3. The highest BCUT2D eigenvalue weighted by atomic mass is 16.4. The maximum atomic E-state index is 10.7. The molecule has 2 rings (SSSR count). The van der Waals surface area contributed by atoms with E-state index in [1.807, 2.05) is 6.07 Å². The van der Waals surface area contributed by atoms with Crippen molar-refractivity contribution < 1.29 is 9.90 Å². The second kappa shape index (κ2) is 3.37. The van der Waals surface area contributed by atoms with Crippen molar-refractivity contribution in [3.63, 3.8) is 0 Å². The van der Waals surface area contributed by atoms with Gasteiger partial charge in [0.15, 0.2) is 0 Å². The van der Waals surface area contributed by atoms with E-state index in [-0.39, 0.29) is 0 Å². The van der Waals surface area contributed by atoms with Gasteiger partial charge in [-0.15, -0.1) is 0 Å². The van der Waals surface area contributed by atoms with E-state index in [2.05, 4.69) is 10.3 Å².